The molecule has 2 aliphatic rings. The fourth-order valence-corrected chi connectivity index (χ4v) is 4.18. The second kappa shape index (κ2) is 11.9. The number of hydrogen-bond acceptors (Lipinski definition) is 6. The molecule has 1 saturated heterocycles. The van der Waals surface area contributed by atoms with Crippen LogP contribution in [0.2, 0.25) is 0 Å². The molecule has 2 aromatic rings. The van der Waals surface area contributed by atoms with Gasteiger partial charge in [-0.05, 0) is 36.2 Å². The van der Waals surface area contributed by atoms with Crippen molar-refractivity contribution in [2.45, 2.75) is 25.8 Å². The van der Waals surface area contributed by atoms with Crippen molar-refractivity contribution in [1.82, 2.24) is 20.1 Å². The van der Waals surface area contributed by atoms with Crippen molar-refractivity contribution < 1.29 is 23.1 Å². The monoisotopic (exact) mass is 485 g/mol. The number of rotatable bonds is 9. The number of ether oxygens (including phenoxy) is 1. The van der Waals surface area contributed by atoms with E-state index in [1.807, 2.05) is 6.92 Å². The number of benzene rings is 1. The minimum absolute atomic E-state index is 0.114. The van der Waals surface area contributed by atoms with Gasteiger partial charge in [-0.1, -0.05) is 19.1 Å². The van der Waals surface area contributed by atoms with Crippen LogP contribution in [0.25, 0.3) is 0 Å². The molecule has 3 heterocycles. The molecule has 1 aromatic heterocycles. The SMILES string of the molecule is CCCNC(=O)N(CCN1CCOCC1)CC(=O)N1N=C(c2ccc(F)cc2)C[C@H]1c1ccco1. The van der Waals surface area contributed by atoms with Gasteiger partial charge in [0, 0.05) is 39.1 Å². The summed E-state index contributed by atoms with van der Waals surface area (Å²) in [7, 11) is 0. The van der Waals surface area contributed by atoms with Gasteiger partial charge in [-0.3, -0.25) is 9.69 Å². The van der Waals surface area contributed by atoms with E-state index in [-0.39, 0.29) is 24.3 Å². The molecule has 1 N–H and O–H groups in total. The van der Waals surface area contributed by atoms with E-state index in [1.165, 1.54) is 22.0 Å². The maximum atomic E-state index is 13.5. The summed E-state index contributed by atoms with van der Waals surface area (Å²) in [5.41, 5.74) is 1.40. The second-order valence-electron chi connectivity index (χ2n) is 8.63. The minimum atomic E-state index is -0.433. The molecule has 0 aliphatic carbocycles. The lowest BCUT2D eigenvalue weighted by Gasteiger charge is -2.30. The Morgan fingerprint density at radius 2 is 1.97 bits per heavy atom. The van der Waals surface area contributed by atoms with Crippen molar-refractivity contribution in [3.8, 4) is 0 Å². The third-order valence-electron chi connectivity index (χ3n) is 6.14. The highest BCUT2D eigenvalue weighted by atomic mass is 19.1. The molecule has 10 heteroatoms. The zero-order valence-corrected chi connectivity index (χ0v) is 20.0. The molecule has 35 heavy (non-hydrogen) atoms. The summed E-state index contributed by atoms with van der Waals surface area (Å²) in [4.78, 5) is 30.1. The largest absolute Gasteiger partial charge is 0.467 e. The number of hydrazone groups is 1. The van der Waals surface area contributed by atoms with Crippen molar-refractivity contribution in [3.05, 3.63) is 59.8 Å². The molecule has 1 aromatic carbocycles. The normalized spacial score (nSPS) is 18.4. The summed E-state index contributed by atoms with van der Waals surface area (Å²) in [5.74, 6) is -0.0384. The standard InChI is InChI=1S/C25H32FN5O4/c1-2-9-27-25(33)30(11-10-29-12-15-34-16-13-29)18-24(32)31-22(23-4-3-14-35-23)17-21(28-31)19-5-7-20(26)8-6-19/h3-8,14,22H,2,9-13,15-18H2,1H3,(H,27,33)/t22-/m0/s1. The van der Waals surface area contributed by atoms with E-state index >= 15 is 0 Å². The molecule has 0 radical (unpaired) electrons. The van der Waals surface area contributed by atoms with E-state index in [4.69, 9.17) is 9.15 Å². The van der Waals surface area contributed by atoms with Crippen molar-refractivity contribution in [3.63, 3.8) is 0 Å². The summed E-state index contributed by atoms with van der Waals surface area (Å²) in [6.07, 6.45) is 2.79. The van der Waals surface area contributed by atoms with Crippen molar-refractivity contribution in [2.24, 2.45) is 5.10 Å². The number of morpholine rings is 1. The first kappa shape index (κ1) is 24.9. The van der Waals surface area contributed by atoms with Crippen LogP contribution in [-0.2, 0) is 9.53 Å². The maximum absolute atomic E-state index is 13.5. The highest BCUT2D eigenvalue weighted by Gasteiger charge is 2.36. The Morgan fingerprint density at radius 1 is 1.20 bits per heavy atom. The number of urea groups is 1. The van der Waals surface area contributed by atoms with E-state index in [0.29, 0.717) is 50.7 Å². The van der Waals surface area contributed by atoms with E-state index in [0.717, 1.165) is 25.1 Å². The summed E-state index contributed by atoms with van der Waals surface area (Å²) < 4.78 is 24.4. The molecule has 3 amide bonds. The van der Waals surface area contributed by atoms with Crippen LogP contribution < -0.4 is 5.32 Å². The lowest BCUT2D eigenvalue weighted by atomic mass is 10.0. The van der Waals surface area contributed by atoms with Gasteiger partial charge in [0.25, 0.3) is 5.91 Å². The Morgan fingerprint density at radius 3 is 2.66 bits per heavy atom. The minimum Gasteiger partial charge on any atom is -0.467 e. The van der Waals surface area contributed by atoms with Crippen LogP contribution in [0.4, 0.5) is 9.18 Å². The quantitative estimate of drug-likeness (QED) is 0.590. The number of hydrogen-bond donors (Lipinski definition) is 1. The van der Waals surface area contributed by atoms with E-state index in [9.17, 15) is 14.0 Å². The molecule has 1 atom stereocenters. The van der Waals surface area contributed by atoms with Crippen LogP contribution in [0.5, 0.6) is 0 Å². The molecule has 0 unspecified atom stereocenters. The fraction of sp³-hybridized carbons (Fsp3) is 0.480. The molecule has 0 saturated carbocycles. The summed E-state index contributed by atoms with van der Waals surface area (Å²) >= 11 is 0. The number of nitrogens with zero attached hydrogens (tertiary/aromatic N) is 4. The lowest BCUT2D eigenvalue weighted by Crippen LogP contribution is -2.49. The Balaban J connectivity index is 1.50. The molecule has 2 aliphatic heterocycles. The van der Waals surface area contributed by atoms with Crippen molar-refractivity contribution >= 4 is 17.6 Å². The number of nitrogens with one attached hydrogen (secondary N) is 1. The van der Waals surface area contributed by atoms with Crippen LogP contribution in [0.1, 0.15) is 37.1 Å². The summed E-state index contributed by atoms with van der Waals surface area (Å²) in [6.45, 7) is 6.40. The van der Waals surface area contributed by atoms with E-state index in [2.05, 4.69) is 15.3 Å². The zero-order valence-electron chi connectivity index (χ0n) is 20.0. The highest BCUT2D eigenvalue weighted by molar-refractivity contribution is 6.03. The number of halogens is 1. The van der Waals surface area contributed by atoms with Gasteiger partial charge in [0.1, 0.15) is 24.2 Å². The van der Waals surface area contributed by atoms with Gasteiger partial charge in [0.15, 0.2) is 0 Å². The maximum Gasteiger partial charge on any atom is 0.317 e. The number of carbonyl (C=O) groups is 2. The number of carbonyl (C=O) groups excluding carboxylic acids is 2. The molecular formula is C25H32FN5O4. The van der Waals surface area contributed by atoms with Crippen LogP contribution in [0.15, 0.2) is 52.2 Å². The van der Waals surface area contributed by atoms with E-state index < -0.39 is 6.04 Å². The third-order valence-corrected chi connectivity index (χ3v) is 6.14. The van der Waals surface area contributed by atoms with Crippen LogP contribution in [0.3, 0.4) is 0 Å². The zero-order chi connectivity index (χ0) is 24.6. The van der Waals surface area contributed by atoms with Gasteiger partial charge in [0.2, 0.25) is 0 Å². The van der Waals surface area contributed by atoms with Gasteiger partial charge < -0.3 is 19.4 Å². The van der Waals surface area contributed by atoms with E-state index in [1.54, 1.807) is 30.5 Å². The van der Waals surface area contributed by atoms with Crippen molar-refractivity contribution in [1.29, 1.82) is 0 Å². The Bertz CT molecular complexity index is 1010. The predicted octanol–water partition coefficient (Wildman–Crippen LogP) is 2.85. The van der Waals surface area contributed by atoms with Gasteiger partial charge in [-0.2, -0.15) is 5.10 Å². The lowest BCUT2D eigenvalue weighted by molar-refractivity contribution is -0.134. The van der Waals surface area contributed by atoms with Gasteiger partial charge in [-0.15, -0.1) is 0 Å². The van der Waals surface area contributed by atoms with Crippen molar-refractivity contribution in [2.75, 3.05) is 52.5 Å². The first-order valence-electron chi connectivity index (χ1n) is 12.1. The summed E-state index contributed by atoms with van der Waals surface area (Å²) in [5, 5.41) is 8.86. The average Bonchev–Trinajstić information content (AvgIpc) is 3.56. The molecule has 1 fully saturated rings. The Hall–Kier alpha value is -3.24. The Kier molecular flexibility index (Phi) is 8.49. The number of amides is 3. The Labute approximate surface area is 204 Å². The molecule has 0 spiro atoms. The molecule has 9 nitrogen and oxygen atoms in total. The first-order chi connectivity index (χ1) is 17.0. The third kappa shape index (κ3) is 6.46. The number of furan rings is 1. The topological polar surface area (TPSA) is 90.6 Å². The van der Waals surface area contributed by atoms with Crippen LogP contribution in [0, 0.1) is 5.82 Å². The second-order valence-corrected chi connectivity index (χ2v) is 8.63. The summed E-state index contributed by atoms with van der Waals surface area (Å²) in [6, 6.07) is 8.90. The van der Waals surface area contributed by atoms with Crippen LogP contribution in [-0.4, -0.2) is 84.9 Å². The van der Waals surface area contributed by atoms with Gasteiger partial charge >= 0.3 is 6.03 Å². The smallest absolute Gasteiger partial charge is 0.317 e. The first-order valence-corrected chi connectivity index (χ1v) is 12.1. The average molecular weight is 486 g/mol. The molecule has 4 rings (SSSR count). The van der Waals surface area contributed by atoms with Gasteiger partial charge in [-0.25, -0.2) is 14.2 Å². The molecule has 0 bridgehead atoms. The predicted molar refractivity (Wildman–Crippen MR) is 128 cm³/mol. The molecule has 188 valence electrons. The fourth-order valence-electron chi connectivity index (χ4n) is 4.18. The van der Waals surface area contributed by atoms with Gasteiger partial charge in [0.05, 0.1) is 25.2 Å². The highest BCUT2D eigenvalue weighted by Crippen LogP contribution is 2.33. The van der Waals surface area contributed by atoms with Crippen LogP contribution >= 0.6 is 0 Å². The molecular weight excluding hydrogens is 453 g/mol.